The topological polar surface area (TPSA) is 70.6 Å². The summed E-state index contributed by atoms with van der Waals surface area (Å²) in [5, 5.41) is 7.59. The quantitative estimate of drug-likeness (QED) is 0.245. The molecule has 0 aliphatic carbocycles. The number of rotatable bonds is 8. The lowest BCUT2D eigenvalue weighted by Gasteiger charge is -2.12. The molecule has 0 amide bonds. The smallest absolute Gasteiger partial charge is 0.190 e. The van der Waals surface area contributed by atoms with E-state index in [4.69, 9.17) is 23.2 Å². The first kappa shape index (κ1) is 23.8. The van der Waals surface area contributed by atoms with Crippen molar-refractivity contribution >= 4 is 63.0 Å². The Morgan fingerprint density at radius 1 is 1.17 bits per heavy atom. The Balaban J connectivity index is 0.00000529. The highest BCUT2D eigenvalue weighted by molar-refractivity contribution is 14.0. The number of nitrogens with zero attached hydrogens (tertiary/aromatic N) is 1. The zero-order valence-electron chi connectivity index (χ0n) is 13.8. The Labute approximate surface area is 171 Å². The van der Waals surface area contributed by atoms with Crippen molar-refractivity contribution in [1.82, 2.24) is 10.6 Å². The maximum absolute atomic E-state index is 11.0. The Bertz CT molecular complexity index is 640. The molecule has 0 unspecified atom stereocenters. The molecule has 138 valence electrons. The van der Waals surface area contributed by atoms with Gasteiger partial charge in [0.25, 0.3) is 0 Å². The van der Waals surface area contributed by atoms with Crippen LogP contribution >= 0.6 is 47.2 Å². The summed E-state index contributed by atoms with van der Waals surface area (Å²) in [5.41, 5.74) is 1.06. The monoisotopic (exact) mass is 507 g/mol. The van der Waals surface area contributed by atoms with E-state index in [1.54, 1.807) is 13.1 Å². The van der Waals surface area contributed by atoms with E-state index in [1.165, 1.54) is 6.26 Å². The summed E-state index contributed by atoms with van der Waals surface area (Å²) >= 11 is 12.0. The molecule has 0 aromatic heterocycles. The SMILES string of the molecule is CN=C(NCCCc1ccc(Cl)cc1Cl)NCCCS(C)(=O)=O.I. The fourth-order valence-corrected chi connectivity index (χ4v) is 3.14. The molecule has 0 saturated carbocycles. The first-order valence-electron chi connectivity index (χ1n) is 7.38. The Kier molecular flexibility index (Phi) is 12.0. The molecule has 0 radical (unpaired) electrons. The van der Waals surface area contributed by atoms with Crippen molar-refractivity contribution < 1.29 is 8.42 Å². The van der Waals surface area contributed by atoms with Crippen molar-refractivity contribution in [1.29, 1.82) is 0 Å². The number of halogens is 3. The molecule has 2 N–H and O–H groups in total. The number of guanidine groups is 1. The highest BCUT2D eigenvalue weighted by Gasteiger charge is 2.03. The molecule has 0 heterocycles. The lowest BCUT2D eigenvalue weighted by molar-refractivity contribution is 0.598. The Morgan fingerprint density at radius 3 is 2.33 bits per heavy atom. The number of aryl methyl sites for hydroxylation is 1. The molecule has 0 atom stereocenters. The van der Waals surface area contributed by atoms with Crippen LogP contribution in [0.4, 0.5) is 0 Å². The van der Waals surface area contributed by atoms with E-state index < -0.39 is 9.84 Å². The van der Waals surface area contributed by atoms with Gasteiger partial charge in [0, 0.05) is 36.4 Å². The predicted octanol–water partition coefficient (Wildman–Crippen LogP) is 3.14. The van der Waals surface area contributed by atoms with Gasteiger partial charge >= 0.3 is 0 Å². The van der Waals surface area contributed by atoms with Crippen LogP contribution < -0.4 is 10.6 Å². The lowest BCUT2D eigenvalue weighted by atomic mass is 10.1. The summed E-state index contributed by atoms with van der Waals surface area (Å²) < 4.78 is 22.1. The molecule has 1 aromatic carbocycles. The Hall–Kier alpha value is -0.250. The fraction of sp³-hybridized carbons (Fsp3) is 0.533. The maximum atomic E-state index is 11.0. The van der Waals surface area contributed by atoms with Gasteiger partial charge in [-0.05, 0) is 37.0 Å². The van der Waals surface area contributed by atoms with E-state index in [9.17, 15) is 8.42 Å². The van der Waals surface area contributed by atoms with E-state index in [0.717, 1.165) is 24.9 Å². The summed E-state index contributed by atoms with van der Waals surface area (Å²) in [7, 11) is -1.23. The third-order valence-electron chi connectivity index (χ3n) is 3.14. The maximum Gasteiger partial charge on any atom is 0.190 e. The van der Waals surface area contributed by atoms with Crippen molar-refractivity contribution in [2.24, 2.45) is 4.99 Å². The number of benzene rings is 1. The molecule has 1 rings (SSSR count). The molecule has 0 saturated heterocycles. The van der Waals surface area contributed by atoms with Crippen molar-refractivity contribution in [3.05, 3.63) is 33.8 Å². The first-order chi connectivity index (χ1) is 10.8. The van der Waals surface area contributed by atoms with E-state index in [-0.39, 0.29) is 29.7 Å². The molecular formula is C15H24Cl2IN3O2S. The third-order valence-corrected chi connectivity index (χ3v) is 4.76. The summed E-state index contributed by atoms with van der Waals surface area (Å²) in [6.45, 7) is 1.31. The van der Waals surface area contributed by atoms with Gasteiger partial charge in [-0.15, -0.1) is 24.0 Å². The largest absolute Gasteiger partial charge is 0.356 e. The molecule has 0 bridgehead atoms. The molecule has 24 heavy (non-hydrogen) atoms. The highest BCUT2D eigenvalue weighted by Crippen LogP contribution is 2.21. The standard InChI is InChI=1S/C15H23Cl2N3O2S.HI/c1-18-15(20-9-4-10-23(2,21)22)19-8-3-5-12-6-7-13(16)11-14(12)17;/h6-7,11H,3-5,8-10H2,1-2H3,(H2,18,19,20);1H. The van der Waals surface area contributed by atoms with Gasteiger partial charge in [0.1, 0.15) is 9.84 Å². The normalized spacial score (nSPS) is 11.8. The van der Waals surface area contributed by atoms with Gasteiger partial charge in [-0.1, -0.05) is 29.3 Å². The number of nitrogens with one attached hydrogen (secondary N) is 2. The van der Waals surface area contributed by atoms with Crippen LogP contribution in [0.3, 0.4) is 0 Å². The summed E-state index contributed by atoms with van der Waals surface area (Å²) in [5.74, 6) is 0.840. The number of hydrogen-bond acceptors (Lipinski definition) is 3. The van der Waals surface area contributed by atoms with E-state index in [0.29, 0.717) is 29.0 Å². The van der Waals surface area contributed by atoms with Crippen LogP contribution in [0.5, 0.6) is 0 Å². The van der Waals surface area contributed by atoms with Gasteiger partial charge < -0.3 is 10.6 Å². The molecule has 0 aliphatic rings. The highest BCUT2D eigenvalue weighted by atomic mass is 127. The minimum absolute atomic E-state index is 0. The second-order valence-electron chi connectivity index (χ2n) is 5.25. The minimum atomic E-state index is -2.91. The van der Waals surface area contributed by atoms with Crippen molar-refractivity contribution in [3.8, 4) is 0 Å². The van der Waals surface area contributed by atoms with Crippen LogP contribution in [0, 0.1) is 0 Å². The van der Waals surface area contributed by atoms with E-state index in [1.807, 2.05) is 12.1 Å². The van der Waals surface area contributed by atoms with Gasteiger partial charge in [0.2, 0.25) is 0 Å². The summed E-state index contributed by atoms with van der Waals surface area (Å²) in [6, 6.07) is 5.51. The third kappa shape index (κ3) is 10.6. The van der Waals surface area contributed by atoms with Gasteiger partial charge in [-0.3, -0.25) is 4.99 Å². The number of hydrogen-bond donors (Lipinski definition) is 2. The minimum Gasteiger partial charge on any atom is -0.356 e. The molecule has 9 heteroatoms. The van der Waals surface area contributed by atoms with Crippen LogP contribution in [0.25, 0.3) is 0 Å². The van der Waals surface area contributed by atoms with Gasteiger partial charge in [-0.25, -0.2) is 8.42 Å². The number of sulfone groups is 1. The predicted molar refractivity (Wildman–Crippen MR) is 114 cm³/mol. The fourth-order valence-electron chi connectivity index (χ4n) is 1.97. The molecule has 1 aromatic rings. The molecular weight excluding hydrogens is 484 g/mol. The second-order valence-corrected chi connectivity index (χ2v) is 8.35. The van der Waals surface area contributed by atoms with Crippen LogP contribution in [0.2, 0.25) is 10.0 Å². The summed E-state index contributed by atoms with van der Waals surface area (Å²) in [6.07, 6.45) is 3.53. The van der Waals surface area contributed by atoms with E-state index >= 15 is 0 Å². The van der Waals surface area contributed by atoms with Gasteiger partial charge in [0.05, 0.1) is 5.75 Å². The average molecular weight is 508 g/mol. The molecule has 0 spiro atoms. The Morgan fingerprint density at radius 2 is 1.79 bits per heavy atom. The van der Waals surface area contributed by atoms with Crippen molar-refractivity contribution in [2.75, 3.05) is 32.1 Å². The van der Waals surface area contributed by atoms with E-state index in [2.05, 4.69) is 15.6 Å². The average Bonchev–Trinajstić information content (AvgIpc) is 2.46. The van der Waals surface area contributed by atoms with Crippen LogP contribution in [-0.4, -0.2) is 46.5 Å². The molecule has 0 fully saturated rings. The first-order valence-corrected chi connectivity index (χ1v) is 10.2. The molecule has 5 nitrogen and oxygen atoms in total. The second kappa shape index (κ2) is 12.2. The number of aliphatic imine (C=N–C) groups is 1. The van der Waals surface area contributed by atoms with Crippen LogP contribution in [-0.2, 0) is 16.3 Å². The zero-order chi connectivity index (χ0) is 17.3. The van der Waals surface area contributed by atoms with Crippen LogP contribution in [0.15, 0.2) is 23.2 Å². The summed E-state index contributed by atoms with van der Waals surface area (Å²) in [4.78, 5) is 4.10. The van der Waals surface area contributed by atoms with Crippen LogP contribution in [0.1, 0.15) is 18.4 Å². The lowest BCUT2D eigenvalue weighted by Crippen LogP contribution is -2.38. The zero-order valence-corrected chi connectivity index (χ0v) is 18.5. The molecule has 0 aliphatic heterocycles. The van der Waals surface area contributed by atoms with Crippen molar-refractivity contribution in [3.63, 3.8) is 0 Å². The van der Waals surface area contributed by atoms with Crippen molar-refractivity contribution in [2.45, 2.75) is 19.3 Å². The van der Waals surface area contributed by atoms with Gasteiger partial charge in [-0.2, -0.15) is 0 Å². The van der Waals surface area contributed by atoms with Gasteiger partial charge in [0.15, 0.2) is 5.96 Å².